The van der Waals surface area contributed by atoms with Crippen molar-refractivity contribution in [3.05, 3.63) is 29.3 Å². The molecule has 7 heteroatoms. The van der Waals surface area contributed by atoms with Crippen LogP contribution in [0.1, 0.15) is 35.7 Å². The molecule has 0 aromatic heterocycles. The second kappa shape index (κ2) is 6.84. The summed E-state index contributed by atoms with van der Waals surface area (Å²) in [5.41, 5.74) is 2.10. The first-order valence-corrected chi connectivity index (χ1v) is 6.94. The number of anilines is 1. The van der Waals surface area contributed by atoms with Crippen LogP contribution in [0.15, 0.2) is 18.2 Å². The number of carbonyl (C=O) groups excluding carboxylic acids is 4. The van der Waals surface area contributed by atoms with Crippen LogP contribution in [0.5, 0.6) is 0 Å². The third kappa shape index (κ3) is 3.30. The number of nitrogens with zero attached hydrogens (tertiary/aromatic N) is 1. The Hall–Kier alpha value is -2.70. The molecule has 1 atom stereocenters. The standard InChI is InChI=1S/C15H17N3O4/c1-10(2-5-14(21)17-9-20)18-7-11-6-12(16-8-19)3-4-13(11)15(18)22/h3-4,6,8-10H,2,5,7H2,1H3,(H,16,19)(H,17,20,21). The monoisotopic (exact) mass is 303 g/mol. The number of rotatable bonds is 7. The zero-order valence-electron chi connectivity index (χ0n) is 12.2. The minimum atomic E-state index is -0.358. The van der Waals surface area contributed by atoms with Gasteiger partial charge in [0.05, 0.1) is 0 Å². The van der Waals surface area contributed by atoms with Crippen molar-refractivity contribution in [3.8, 4) is 0 Å². The summed E-state index contributed by atoms with van der Waals surface area (Å²) in [5.74, 6) is -0.445. The van der Waals surface area contributed by atoms with Crippen LogP contribution in [0, 0.1) is 0 Å². The van der Waals surface area contributed by atoms with Crippen LogP contribution in [-0.4, -0.2) is 35.6 Å². The average molecular weight is 303 g/mol. The van der Waals surface area contributed by atoms with E-state index in [0.717, 1.165) is 5.56 Å². The van der Waals surface area contributed by atoms with Gasteiger partial charge in [-0.05, 0) is 37.1 Å². The summed E-state index contributed by atoms with van der Waals surface area (Å²) in [6, 6.07) is 5.01. The van der Waals surface area contributed by atoms with Gasteiger partial charge in [-0.3, -0.25) is 24.5 Å². The molecule has 1 aromatic rings. The topological polar surface area (TPSA) is 95.6 Å². The first kappa shape index (κ1) is 15.7. The zero-order chi connectivity index (χ0) is 16.1. The summed E-state index contributed by atoms with van der Waals surface area (Å²) in [6.07, 6.45) is 1.59. The van der Waals surface area contributed by atoms with Gasteiger partial charge in [0, 0.05) is 30.3 Å². The molecule has 0 saturated carbocycles. The molecule has 1 heterocycles. The SMILES string of the molecule is CC(CCC(=O)NC=O)N1Cc2cc(NC=O)ccc2C1=O. The Kier molecular flexibility index (Phi) is 4.88. The van der Waals surface area contributed by atoms with Gasteiger partial charge in [0.25, 0.3) is 5.91 Å². The van der Waals surface area contributed by atoms with Crippen molar-refractivity contribution in [2.75, 3.05) is 5.32 Å². The Bertz CT molecular complexity index is 615. The van der Waals surface area contributed by atoms with E-state index in [9.17, 15) is 19.2 Å². The van der Waals surface area contributed by atoms with E-state index in [1.165, 1.54) is 0 Å². The number of hydrogen-bond donors (Lipinski definition) is 2. The molecule has 2 rings (SSSR count). The van der Waals surface area contributed by atoms with E-state index in [-0.39, 0.29) is 24.3 Å². The fourth-order valence-electron chi connectivity index (χ4n) is 2.49. The summed E-state index contributed by atoms with van der Waals surface area (Å²) < 4.78 is 0. The molecule has 116 valence electrons. The smallest absolute Gasteiger partial charge is 0.254 e. The van der Waals surface area contributed by atoms with Crippen molar-refractivity contribution < 1.29 is 19.2 Å². The molecule has 0 aliphatic carbocycles. The van der Waals surface area contributed by atoms with Gasteiger partial charge in [-0.25, -0.2) is 0 Å². The Morgan fingerprint density at radius 3 is 2.82 bits per heavy atom. The third-order valence-electron chi connectivity index (χ3n) is 3.70. The van der Waals surface area contributed by atoms with E-state index >= 15 is 0 Å². The molecule has 0 spiro atoms. The van der Waals surface area contributed by atoms with Gasteiger partial charge in [0.1, 0.15) is 0 Å². The first-order chi connectivity index (χ1) is 10.6. The van der Waals surface area contributed by atoms with Gasteiger partial charge in [-0.15, -0.1) is 0 Å². The molecular weight excluding hydrogens is 286 g/mol. The Balaban J connectivity index is 2.02. The van der Waals surface area contributed by atoms with Gasteiger partial charge >= 0.3 is 0 Å². The van der Waals surface area contributed by atoms with Gasteiger partial charge in [0.2, 0.25) is 18.7 Å². The van der Waals surface area contributed by atoms with Crippen molar-refractivity contribution in [2.45, 2.75) is 32.4 Å². The van der Waals surface area contributed by atoms with Crippen LogP contribution in [0.2, 0.25) is 0 Å². The lowest BCUT2D eigenvalue weighted by molar-refractivity contribution is -0.125. The summed E-state index contributed by atoms with van der Waals surface area (Å²) in [6.45, 7) is 2.31. The predicted molar refractivity (Wildman–Crippen MR) is 78.9 cm³/mol. The second-order valence-corrected chi connectivity index (χ2v) is 5.14. The van der Waals surface area contributed by atoms with Crippen molar-refractivity contribution in [3.63, 3.8) is 0 Å². The molecule has 0 bridgehead atoms. The fourth-order valence-corrected chi connectivity index (χ4v) is 2.49. The molecule has 22 heavy (non-hydrogen) atoms. The van der Waals surface area contributed by atoms with E-state index in [1.807, 2.05) is 6.92 Å². The van der Waals surface area contributed by atoms with Gasteiger partial charge in [-0.1, -0.05) is 0 Å². The van der Waals surface area contributed by atoms with Crippen LogP contribution in [-0.2, 0) is 20.9 Å². The molecule has 1 unspecified atom stereocenters. The van der Waals surface area contributed by atoms with Crippen LogP contribution < -0.4 is 10.6 Å². The first-order valence-electron chi connectivity index (χ1n) is 6.94. The maximum absolute atomic E-state index is 12.4. The van der Waals surface area contributed by atoms with Gasteiger partial charge in [0.15, 0.2) is 0 Å². The highest BCUT2D eigenvalue weighted by Gasteiger charge is 2.30. The summed E-state index contributed by atoms with van der Waals surface area (Å²) in [5, 5.41) is 4.63. The number of benzene rings is 1. The molecule has 0 fully saturated rings. The van der Waals surface area contributed by atoms with Crippen LogP contribution in [0.3, 0.4) is 0 Å². The van der Waals surface area contributed by atoms with E-state index in [0.29, 0.717) is 37.0 Å². The minimum absolute atomic E-state index is 0.0871. The number of hydrogen-bond acceptors (Lipinski definition) is 4. The Labute approximate surface area is 127 Å². The quantitative estimate of drug-likeness (QED) is 0.723. The lowest BCUT2D eigenvalue weighted by Gasteiger charge is -2.23. The third-order valence-corrected chi connectivity index (χ3v) is 3.70. The van der Waals surface area contributed by atoms with Crippen molar-refractivity contribution in [1.29, 1.82) is 0 Å². The highest BCUT2D eigenvalue weighted by Crippen LogP contribution is 2.28. The molecular formula is C15H17N3O4. The van der Waals surface area contributed by atoms with Gasteiger partial charge in [-0.2, -0.15) is 0 Å². The molecule has 1 aliphatic rings. The maximum Gasteiger partial charge on any atom is 0.254 e. The van der Waals surface area contributed by atoms with Crippen molar-refractivity contribution in [1.82, 2.24) is 10.2 Å². The number of nitrogens with one attached hydrogen (secondary N) is 2. The molecule has 7 nitrogen and oxygen atoms in total. The lowest BCUT2D eigenvalue weighted by atomic mass is 10.1. The largest absolute Gasteiger partial charge is 0.332 e. The van der Waals surface area contributed by atoms with Crippen LogP contribution >= 0.6 is 0 Å². The fraction of sp³-hybridized carbons (Fsp3) is 0.333. The van der Waals surface area contributed by atoms with Crippen LogP contribution in [0.25, 0.3) is 0 Å². The number of fused-ring (bicyclic) bond motifs is 1. The lowest BCUT2D eigenvalue weighted by Crippen LogP contribution is -2.34. The molecule has 2 N–H and O–H groups in total. The van der Waals surface area contributed by atoms with E-state index in [4.69, 9.17) is 0 Å². The number of imide groups is 1. The molecule has 0 radical (unpaired) electrons. The van der Waals surface area contributed by atoms with Crippen molar-refractivity contribution >= 4 is 30.3 Å². The molecule has 1 aliphatic heterocycles. The zero-order valence-corrected chi connectivity index (χ0v) is 12.2. The van der Waals surface area contributed by atoms with Crippen LogP contribution in [0.4, 0.5) is 5.69 Å². The highest BCUT2D eigenvalue weighted by molar-refractivity contribution is 5.99. The summed E-state index contributed by atoms with van der Waals surface area (Å²) >= 11 is 0. The van der Waals surface area contributed by atoms with E-state index < -0.39 is 0 Å². The van der Waals surface area contributed by atoms with Crippen molar-refractivity contribution in [2.24, 2.45) is 0 Å². The molecule has 4 amide bonds. The van der Waals surface area contributed by atoms with E-state index in [1.54, 1.807) is 23.1 Å². The number of amides is 4. The normalized spacial score (nSPS) is 14.2. The van der Waals surface area contributed by atoms with Gasteiger partial charge < -0.3 is 10.2 Å². The maximum atomic E-state index is 12.4. The number of carbonyl (C=O) groups is 4. The Morgan fingerprint density at radius 1 is 1.36 bits per heavy atom. The Morgan fingerprint density at radius 2 is 2.14 bits per heavy atom. The average Bonchev–Trinajstić information content (AvgIpc) is 2.82. The minimum Gasteiger partial charge on any atom is -0.332 e. The van der Waals surface area contributed by atoms with E-state index in [2.05, 4.69) is 10.6 Å². The second-order valence-electron chi connectivity index (χ2n) is 5.14. The highest BCUT2D eigenvalue weighted by atomic mass is 16.2. The summed E-state index contributed by atoms with van der Waals surface area (Å²) in [7, 11) is 0. The predicted octanol–water partition coefficient (Wildman–Crippen LogP) is 0.652. The molecule has 0 saturated heterocycles. The summed E-state index contributed by atoms with van der Waals surface area (Å²) in [4.78, 5) is 46.0. The molecule has 1 aromatic carbocycles.